The molecule has 1 heterocycles. The van der Waals surface area contributed by atoms with Crippen LogP contribution in [0.4, 0.5) is 5.69 Å². The molecule has 0 saturated heterocycles. The summed E-state index contributed by atoms with van der Waals surface area (Å²) in [5.74, 6) is -0.251. The van der Waals surface area contributed by atoms with Crippen molar-refractivity contribution in [3.63, 3.8) is 0 Å². The SMILES string of the molecule is CCN(CC)c1ccc(CNC(=O)c2conc2-c2ccccc2Cl)cc1. The molecule has 140 valence electrons. The number of benzene rings is 2. The van der Waals surface area contributed by atoms with Crippen LogP contribution in [0.2, 0.25) is 5.02 Å². The van der Waals surface area contributed by atoms with Gasteiger partial charge >= 0.3 is 0 Å². The van der Waals surface area contributed by atoms with Crippen molar-refractivity contribution in [1.29, 1.82) is 0 Å². The van der Waals surface area contributed by atoms with Crippen LogP contribution < -0.4 is 10.2 Å². The van der Waals surface area contributed by atoms with Gasteiger partial charge < -0.3 is 14.7 Å². The van der Waals surface area contributed by atoms with Crippen LogP contribution in [0.3, 0.4) is 0 Å². The Morgan fingerprint density at radius 3 is 2.48 bits per heavy atom. The van der Waals surface area contributed by atoms with Crippen molar-refractivity contribution in [2.75, 3.05) is 18.0 Å². The number of aromatic nitrogens is 1. The minimum atomic E-state index is -0.251. The molecule has 2 aromatic carbocycles. The van der Waals surface area contributed by atoms with Crippen LogP contribution >= 0.6 is 11.6 Å². The van der Waals surface area contributed by atoms with E-state index >= 15 is 0 Å². The molecule has 0 spiro atoms. The van der Waals surface area contributed by atoms with E-state index in [0.717, 1.165) is 18.7 Å². The lowest BCUT2D eigenvalue weighted by Crippen LogP contribution is -2.23. The van der Waals surface area contributed by atoms with Gasteiger partial charge in [0.25, 0.3) is 5.91 Å². The van der Waals surface area contributed by atoms with Crippen LogP contribution in [0, 0.1) is 0 Å². The first kappa shape index (κ1) is 19.0. The van der Waals surface area contributed by atoms with Crippen molar-refractivity contribution >= 4 is 23.2 Å². The monoisotopic (exact) mass is 383 g/mol. The van der Waals surface area contributed by atoms with E-state index in [1.807, 2.05) is 30.3 Å². The van der Waals surface area contributed by atoms with Gasteiger partial charge in [0, 0.05) is 30.9 Å². The van der Waals surface area contributed by atoms with E-state index in [1.54, 1.807) is 6.07 Å². The predicted molar refractivity (Wildman–Crippen MR) is 108 cm³/mol. The standard InChI is InChI=1S/C21H22ClN3O2/c1-3-25(4-2)16-11-9-15(10-12-16)13-23-21(26)18-14-27-24-20(18)17-7-5-6-8-19(17)22/h5-12,14H,3-4,13H2,1-2H3,(H,23,26). The molecule has 0 aliphatic rings. The van der Waals surface area contributed by atoms with Gasteiger partial charge in [-0.3, -0.25) is 4.79 Å². The van der Waals surface area contributed by atoms with E-state index < -0.39 is 0 Å². The molecule has 0 fully saturated rings. The highest BCUT2D eigenvalue weighted by molar-refractivity contribution is 6.33. The Hall–Kier alpha value is -2.79. The summed E-state index contributed by atoms with van der Waals surface area (Å²) in [4.78, 5) is 14.9. The van der Waals surface area contributed by atoms with Crippen LogP contribution in [0.5, 0.6) is 0 Å². The Labute approximate surface area is 163 Å². The molecular formula is C21H22ClN3O2. The predicted octanol–water partition coefficient (Wildman–Crippen LogP) is 4.77. The number of nitrogens with one attached hydrogen (secondary N) is 1. The number of anilines is 1. The van der Waals surface area contributed by atoms with Crippen LogP contribution in [0.25, 0.3) is 11.3 Å². The number of rotatable bonds is 7. The minimum Gasteiger partial charge on any atom is -0.372 e. The summed E-state index contributed by atoms with van der Waals surface area (Å²) < 4.78 is 5.02. The molecule has 3 aromatic rings. The summed E-state index contributed by atoms with van der Waals surface area (Å²) in [6.45, 7) is 6.61. The zero-order valence-electron chi connectivity index (χ0n) is 15.4. The fourth-order valence-corrected chi connectivity index (χ4v) is 3.16. The second-order valence-corrected chi connectivity index (χ2v) is 6.49. The van der Waals surface area contributed by atoms with Gasteiger partial charge in [-0.1, -0.05) is 47.1 Å². The fourth-order valence-electron chi connectivity index (χ4n) is 2.94. The van der Waals surface area contributed by atoms with E-state index in [2.05, 4.69) is 41.4 Å². The summed E-state index contributed by atoms with van der Waals surface area (Å²) in [6, 6.07) is 15.4. The molecule has 1 N–H and O–H groups in total. The second kappa shape index (κ2) is 8.73. The first-order valence-corrected chi connectivity index (χ1v) is 9.33. The normalized spacial score (nSPS) is 10.6. The van der Waals surface area contributed by atoms with E-state index in [4.69, 9.17) is 16.1 Å². The molecule has 0 unspecified atom stereocenters. The van der Waals surface area contributed by atoms with Crippen molar-refractivity contribution < 1.29 is 9.32 Å². The molecule has 5 nitrogen and oxygen atoms in total. The molecule has 6 heteroatoms. The zero-order chi connectivity index (χ0) is 19.2. The molecule has 1 aromatic heterocycles. The lowest BCUT2D eigenvalue weighted by atomic mass is 10.1. The zero-order valence-corrected chi connectivity index (χ0v) is 16.2. The molecular weight excluding hydrogens is 362 g/mol. The molecule has 0 bridgehead atoms. The summed E-state index contributed by atoms with van der Waals surface area (Å²) in [5.41, 5.74) is 3.67. The third kappa shape index (κ3) is 4.31. The van der Waals surface area contributed by atoms with Gasteiger partial charge in [0.2, 0.25) is 0 Å². The Bertz CT molecular complexity index is 902. The third-order valence-electron chi connectivity index (χ3n) is 4.46. The van der Waals surface area contributed by atoms with E-state index in [0.29, 0.717) is 28.4 Å². The molecule has 0 aliphatic carbocycles. The number of halogens is 1. The molecule has 27 heavy (non-hydrogen) atoms. The Morgan fingerprint density at radius 1 is 1.11 bits per heavy atom. The molecule has 1 amide bonds. The minimum absolute atomic E-state index is 0.251. The fraction of sp³-hybridized carbons (Fsp3) is 0.238. The number of nitrogens with zero attached hydrogens (tertiary/aromatic N) is 2. The van der Waals surface area contributed by atoms with Gasteiger partial charge in [0.05, 0.1) is 5.02 Å². The van der Waals surface area contributed by atoms with Crippen LogP contribution in [0.15, 0.2) is 59.3 Å². The van der Waals surface area contributed by atoms with Gasteiger partial charge in [-0.2, -0.15) is 0 Å². The number of amides is 1. The third-order valence-corrected chi connectivity index (χ3v) is 4.79. The lowest BCUT2D eigenvalue weighted by Gasteiger charge is -2.21. The summed E-state index contributed by atoms with van der Waals surface area (Å²) in [5, 5.41) is 7.38. The number of carbonyl (C=O) groups excluding carboxylic acids is 1. The maximum atomic E-state index is 12.6. The molecule has 0 atom stereocenters. The van der Waals surface area contributed by atoms with Crippen LogP contribution in [-0.4, -0.2) is 24.2 Å². The smallest absolute Gasteiger partial charge is 0.257 e. The van der Waals surface area contributed by atoms with Crippen LogP contribution in [0.1, 0.15) is 29.8 Å². The van der Waals surface area contributed by atoms with Crippen molar-refractivity contribution in [2.24, 2.45) is 0 Å². The van der Waals surface area contributed by atoms with E-state index in [-0.39, 0.29) is 5.91 Å². The quantitative estimate of drug-likeness (QED) is 0.638. The lowest BCUT2D eigenvalue weighted by molar-refractivity contribution is 0.0951. The van der Waals surface area contributed by atoms with Gasteiger partial charge in [-0.15, -0.1) is 0 Å². The highest BCUT2D eigenvalue weighted by Crippen LogP contribution is 2.29. The largest absolute Gasteiger partial charge is 0.372 e. The highest BCUT2D eigenvalue weighted by Gasteiger charge is 2.19. The second-order valence-electron chi connectivity index (χ2n) is 6.08. The molecule has 0 saturated carbocycles. The topological polar surface area (TPSA) is 58.4 Å². The first-order valence-electron chi connectivity index (χ1n) is 8.95. The maximum absolute atomic E-state index is 12.6. The Kier molecular flexibility index (Phi) is 6.14. The first-order chi connectivity index (χ1) is 13.1. The Balaban J connectivity index is 1.69. The summed E-state index contributed by atoms with van der Waals surface area (Å²) in [6.07, 6.45) is 1.34. The maximum Gasteiger partial charge on any atom is 0.257 e. The van der Waals surface area contributed by atoms with Crippen molar-refractivity contribution in [2.45, 2.75) is 20.4 Å². The van der Waals surface area contributed by atoms with Crippen molar-refractivity contribution in [3.8, 4) is 11.3 Å². The number of hydrogen-bond acceptors (Lipinski definition) is 4. The number of carbonyl (C=O) groups is 1. The number of hydrogen-bond donors (Lipinski definition) is 1. The van der Waals surface area contributed by atoms with Crippen molar-refractivity contribution in [3.05, 3.63) is 70.9 Å². The summed E-state index contributed by atoms with van der Waals surface area (Å²) >= 11 is 6.21. The van der Waals surface area contributed by atoms with E-state index in [9.17, 15) is 4.79 Å². The summed E-state index contributed by atoms with van der Waals surface area (Å²) in [7, 11) is 0. The molecule has 0 aliphatic heterocycles. The molecule has 3 rings (SSSR count). The average molecular weight is 384 g/mol. The van der Waals surface area contributed by atoms with Gasteiger partial charge in [-0.05, 0) is 37.6 Å². The van der Waals surface area contributed by atoms with Crippen molar-refractivity contribution in [1.82, 2.24) is 10.5 Å². The highest BCUT2D eigenvalue weighted by atomic mass is 35.5. The van der Waals surface area contributed by atoms with Gasteiger partial charge in [0.15, 0.2) is 0 Å². The van der Waals surface area contributed by atoms with E-state index in [1.165, 1.54) is 12.0 Å². The Morgan fingerprint density at radius 2 is 1.81 bits per heavy atom. The molecule has 0 radical (unpaired) electrons. The van der Waals surface area contributed by atoms with Crippen LogP contribution in [-0.2, 0) is 6.54 Å². The van der Waals surface area contributed by atoms with Gasteiger partial charge in [0.1, 0.15) is 17.5 Å². The average Bonchev–Trinajstić information content (AvgIpc) is 3.18. The van der Waals surface area contributed by atoms with Gasteiger partial charge in [-0.25, -0.2) is 0 Å².